The first-order valence-electron chi connectivity index (χ1n) is 7.62. The van der Waals surface area contributed by atoms with Crippen molar-refractivity contribution in [3.8, 4) is 0 Å². The molecule has 0 fully saturated rings. The van der Waals surface area contributed by atoms with Gasteiger partial charge in [-0.15, -0.1) is 0 Å². The van der Waals surface area contributed by atoms with Crippen LogP contribution in [0.1, 0.15) is 15.9 Å². The molecule has 3 aromatic rings. The fraction of sp³-hybridized carbons (Fsp3) is 0.111. The van der Waals surface area contributed by atoms with Crippen molar-refractivity contribution in [1.29, 1.82) is 0 Å². The molecule has 0 unspecified atom stereocenters. The summed E-state index contributed by atoms with van der Waals surface area (Å²) in [5, 5.41) is 1.02. The highest BCUT2D eigenvalue weighted by molar-refractivity contribution is 7.91. The van der Waals surface area contributed by atoms with Gasteiger partial charge >= 0.3 is 11.7 Å². The Morgan fingerprint density at radius 2 is 1.78 bits per heavy atom. The van der Waals surface area contributed by atoms with E-state index >= 15 is 0 Å². The lowest BCUT2D eigenvalue weighted by Gasteiger charge is -2.08. The van der Waals surface area contributed by atoms with Crippen molar-refractivity contribution in [2.45, 2.75) is 17.3 Å². The van der Waals surface area contributed by atoms with E-state index in [4.69, 9.17) is 16.3 Å². The van der Waals surface area contributed by atoms with E-state index < -0.39 is 26.5 Å². The number of pyridine rings is 1. The molecule has 0 saturated heterocycles. The number of fused-ring (bicyclic) bond motifs is 1. The highest BCUT2D eigenvalue weighted by Crippen LogP contribution is 2.22. The van der Waals surface area contributed by atoms with Crippen molar-refractivity contribution in [2.75, 3.05) is 0 Å². The molecule has 0 aliphatic rings. The number of alkyl halides is 2. The van der Waals surface area contributed by atoms with E-state index in [2.05, 4.69) is 4.98 Å². The van der Waals surface area contributed by atoms with Gasteiger partial charge in [0.25, 0.3) is 0 Å². The second kappa shape index (κ2) is 7.58. The molecule has 0 aliphatic carbocycles. The minimum atomic E-state index is -4.71. The summed E-state index contributed by atoms with van der Waals surface area (Å²) in [6, 6.07) is 13.1. The van der Waals surface area contributed by atoms with Gasteiger partial charge < -0.3 is 4.74 Å². The number of benzene rings is 2. The van der Waals surface area contributed by atoms with Crippen LogP contribution in [0.25, 0.3) is 10.9 Å². The average Bonchev–Trinajstić information content (AvgIpc) is 2.66. The number of hydrogen-bond donors (Lipinski definition) is 0. The van der Waals surface area contributed by atoms with E-state index in [0.29, 0.717) is 11.1 Å². The third kappa shape index (κ3) is 4.06. The van der Waals surface area contributed by atoms with Crippen LogP contribution in [0.2, 0.25) is 5.15 Å². The third-order valence-electron chi connectivity index (χ3n) is 3.76. The van der Waals surface area contributed by atoms with E-state index in [9.17, 15) is 22.0 Å². The Hall–Kier alpha value is -2.58. The lowest BCUT2D eigenvalue weighted by molar-refractivity contribution is 0.0472. The van der Waals surface area contributed by atoms with Gasteiger partial charge in [-0.05, 0) is 36.4 Å². The van der Waals surface area contributed by atoms with Crippen molar-refractivity contribution < 1.29 is 26.7 Å². The van der Waals surface area contributed by atoms with E-state index in [1.807, 2.05) is 18.2 Å². The van der Waals surface area contributed by atoms with E-state index in [1.165, 1.54) is 0 Å². The zero-order chi connectivity index (χ0) is 19.6. The van der Waals surface area contributed by atoms with Gasteiger partial charge in [-0.25, -0.2) is 18.2 Å². The minimum Gasteiger partial charge on any atom is -0.457 e. The van der Waals surface area contributed by atoms with Crippen LogP contribution in [0.4, 0.5) is 8.78 Å². The highest BCUT2D eigenvalue weighted by atomic mass is 35.5. The smallest absolute Gasteiger partial charge is 0.341 e. The van der Waals surface area contributed by atoms with E-state index in [1.54, 1.807) is 12.1 Å². The highest BCUT2D eigenvalue weighted by Gasteiger charge is 2.26. The number of ether oxygens (including phenoxy) is 1. The molecular weight excluding hydrogens is 400 g/mol. The van der Waals surface area contributed by atoms with Crippen molar-refractivity contribution in [3.05, 3.63) is 70.9 Å². The van der Waals surface area contributed by atoms with Crippen molar-refractivity contribution in [1.82, 2.24) is 4.98 Å². The normalized spacial score (nSPS) is 11.7. The molecule has 3 rings (SSSR count). The van der Waals surface area contributed by atoms with Gasteiger partial charge in [0.05, 0.1) is 16.0 Å². The van der Waals surface area contributed by atoms with Crippen LogP contribution in [0.3, 0.4) is 0 Å². The fourth-order valence-electron chi connectivity index (χ4n) is 2.35. The number of hydrogen-bond acceptors (Lipinski definition) is 5. The maximum absolute atomic E-state index is 12.5. The largest absolute Gasteiger partial charge is 0.457 e. The third-order valence-corrected chi connectivity index (χ3v) is 5.49. The Kier molecular flexibility index (Phi) is 5.38. The Bertz CT molecular complexity index is 1100. The van der Waals surface area contributed by atoms with Crippen molar-refractivity contribution in [3.63, 3.8) is 0 Å². The first kappa shape index (κ1) is 19.2. The van der Waals surface area contributed by atoms with Crippen LogP contribution >= 0.6 is 11.6 Å². The number of rotatable bonds is 5. The van der Waals surface area contributed by atoms with Crippen LogP contribution in [0, 0.1) is 0 Å². The van der Waals surface area contributed by atoms with Gasteiger partial charge in [-0.2, -0.15) is 8.78 Å². The lowest BCUT2D eigenvalue weighted by Crippen LogP contribution is -2.12. The molecule has 27 heavy (non-hydrogen) atoms. The Labute approximate surface area is 158 Å². The minimum absolute atomic E-state index is 0.0214. The molecule has 0 atom stereocenters. The summed E-state index contributed by atoms with van der Waals surface area (Å²) in [7, 11) is -4.71. The lowest BCUT2D eigenvalue weighted by atomic mass is 10.1. The summed E-state index contributed by atoms with van der Waals surface area (Å²) >= 11 is 6.09. The predicted molar refractivity (Wildman–Crippen MR) is 95.5 cm³/mol. The second-order valence-electron chi connectivity index (χ2n) is 5.54. The molecule has 0 saturated carbocycles. The molecule has 0 bridgehead atoms. The standard InChI is InChI=1S/C18H12ClF2NO4S/c19-16-13(9-12-3-1-2-4-15(12)22-16)10-26-17(23)11-5-7-14(8-6-11)27(24,25)18(20)21/h1-9,18H,10H2. The zero-order valence-electron chi connectivity index (χ0n) is 13.6. The quantitative estimate of drug-likeness (QED) is 0.463. The predicted octanol–water partition coefficient (Wildman–Crippen LogP) is 4.24. The second-order valence-corrected chi connectivity index (χ2v) is 7.81. The van der Waals surface area contributed by atoms with Gasteiger partial charge in [-0.3, -0.25) is 0 Å². The van der Waals surface area contributed by atoms with Gasteiger partial charge in [0.2, 0.25) is 9.84 Å². The van der Waals surface area contributed by atoms with Crippen LogP contribution in [0.15, 0.2) is 59.5 Å². The molecule has 1 aromatic heterocycles. The fourth-order valence-corrected chi connectivity index (χ4v) is 3.27. The molecule has 2 aromatic carbocycles. The Morgan fingerprint density at radius 1 is 1.11 bits per heavy atom. The number of carbonyl (C=O) groups is 1. The number of aromatic nitrogens is 1. The monoisotopic (exact) mass is 411 g/mol. The van der Waals surface area contributed by atoms with Crippen LogP contribution in [0.5, 0.6) is 0 Å². The first-order chi connectivity index (χ1) is 12.8. The van der Waals surface area contributed by atoms with Gasteiger partial charge in [0.15, 0.2) is 0 Å². The summed E-state index contributed by atoms with van der Waals surface area (Å²) < 4.78 is 53.0. The average molecular weight is 412 g/mol. The van der Waals surface area contributed by atoms with Gasteiger partial charge in [-0.1, -0.05) is 29.8 Å². The van der Waals surface area contributed by atoms with E-state index in [-0.39, 0.29) is 17.3 Å². The summed E-state index contributed by atoms with van der Waals surface area (Å²) in [6.07, 6.45) is 0. The molecule has 0 aliphatic heterocycles. The zero-order valence-corrected chi connectivity index (χ0v) is 15.2. The van der Waals surface area contributed by atoms with Crippen LogP contribution < -0.4 is 0 Å². The number of halogens is 3. The summed E-state index contributed by atoms with van der Waals surface area (Å²) in [5.74, 6) is -4.28. The molecule has 0 N–H and O–H groups in total. The molecule has 140 valence electrons. The number of para-hydroxylation sites is 1. The molecule has 0 spiro atoms. The number of esters is 1. The summed E-state index contributed by atoms with van der Waals surface area (Å²) in [5.41, 5.74) is 1.22. The maximum Gasteiger partial charge on any atom is 0.341 e. The SMILES string of the molecule is O=C(OCc1cc2ccccc2nc1Cl)c1ccc(S(=O)(=O)C(F)F)cc1. The van der Waals surface area contributed by atoms with Crippen molar-refractivity contribution >= 4 is 38.3 Å². The molecule has 9 heteroatoms. The van der Waals surface area contributed by atoms with Gasteiger partial charge in [0.1, 0.15) is 11.8 Å². The molecule has 0 radical (unpaired) electrons. The summed E-state index contributed by atoms with van der Waals surface area (Å²) in [6.45, 7) is -0.146. The molecule has 1 heterocycles. The molecule has 5 nitrogen and oxygen atoms in total. The topological polar surface area (TPSA) is 73.3 Å². The van der Waals surface area contributed by atoms with Crippen LogP contribution in [-0.4, -0.2) is 25.1 Å². The number of carbonyl (C=O) groups excluding carboxylic acids is 1. The van der Waals surface area contributed by atoms with Gasteiger partial charge in [0, 0.05) is 10.9 Å². The molecule has 0 amide bonds. The number of nitrogens with zero attached hydrogens (tertiary/aromatic N) is 1. The summed E-state index contributed by atoms with van der Waals surface area (Å²) in [4.78, 5) is 15.7. The van der Waals surface area contributed by atoms with Crippen LogP contribution in [-0.2, 0) is 21.2 Å². The first-order valence-corrected chi connectivity index (χ1v) is 9.55. The maximum atomic E-state index is 12.5. The van der Waals surface area contributed by atoms with E-state index in [0.717, 1.165) is 29.7 Å². The van der Waals surface area contributed by atoms with Crippen molar-refractivity contribution in [2.24, 2.45) is 0 Å². The Balaban J connectivity index is 1.74. The molecular formula is C18H12ClF2NO4S. The number of sulfone groups is 1. The Morgan fingerprint density at radius 3 is 2.44 bits per heavy atom.